The lowest BCUT2D eigenvalue weighted by molar-refractivity contribution is -0.0727. The van der Waals surface area contributed by atoms with Gasteiger partial charge in [0.15, 0.2) is 0 Å². The highest BCUT2D eigenvalue weighted by molar-refractivity contribution is 5.03. The molecule has 0 aromatic heterocycles. The average Bonchev–Trinajstić information content (AvgIpc) is 1.79. The topological polar surface area (TPSA) is 21.3 Å². The maximum atomic E-state index is 5.61. The lowest BCUT2D eigenvalue weighted by Crippen LogP contribution is -2.63. The summed E-state index contributed by atoms with van der Waals surface area (Å²) in [5.74, 6) is 0. The third kappa shape index (κ3) is 2.68. The zero-order valence-electron chi connectivity index (χ0n) is 9.82. The number of methoxy groups -OCH3 is 1. The molecule has 1 fully saturated rings. The van der Waals surface area contributed by atoms with Gasteiger partial charge in [0.05, 0.1) is 5.60 Å². The van der Waals surface area contributed by atoms with E-state index >= 15 is 0 Å². The second-order valence-corrected chi connectivity index (χ2v) is 5.90. The molecule has 1 aliphatic heterocycles. The molecule has 0 aliphatic carbocycles. The Morgan fingerprint density at radius 1 is 0.923 bits per heavy atom. The highest BCUT2D eigenvalue weighted by Crippen LogP contribution is 2.37. The predicted molar refractivity (Wildman–Crippen MR) is 55.9 cm³/mol. The van der Waals surface area contributed by atoms with E-state index in [0.29, 0.717) is 0 Å². The van der Waals surface area contributed by atoms with Gasteiger partial charge in [-0.05, 0) is 47.5 Å². The Bertz CT molecular complexity index is 180. The molecule has 13 heavy (non-hydrogen) atoms. The van der Waals surface area contributed by atoms with Crippen LogP contribution in [0.3, 0.4) is 0 Å². The summed E-state index contributed by atoms with van der Waals surface area (Å²) in [5.41, 5.74) is 0.372. The van der Waals surface area contributed by atoms with Gasteiger partial charge in [-0.3, -0.25) is 0 Å². The Hall–Kier alpha value is -0.0800. The minimum atomic E-state index is 0.0260. The van der Waals surface area contributed by atoms with Gasteiger partial charge in [-0.25, -0.2) is 0 Å². The fourth-order valence-electron chi connectivity index (χ4n) is 3.08. The Morgan fingerprint density at radius 3 is 1.62 bits per heavy atom. The highest BCUT2D eigenvalue weighted by atomic mass is 16.5. The summed E-state index contributed by atoms with van der Waals surface area (Å²) in [4.78, 5) is 0. The summed E-state index contributed by atoms with van der Waals surface area (Å²) in [6.07, 6.45) is 2.14. The number of piperidine rings is 1. The van der Waals surface area contributed by atoms with Crippen molar-refractivity contribution in [2.24, 2.45) is 0 Å². The normalized spacial score (nSPS) is 30.0. The molecule has 1 rings (SSSR count). The molecule has 0 aromatic rings. The fraction of sp³-hybridized carbons (Fsp3) is 1.00. The molecule has 2 nitrogen and oxygen atoms in total. The van der Waals surface area contributed by atoms with Crippen molar-refractivity contribution in [2.75, 3.05) is 7.11 Å². The predicted octanol–water partition coefficient (Wildman–Crippen LogP) is 2.33. The molecule has 0 unspecified atom stereocenters. The Kier molecular flexibility index (Phi) is 2.50. The summed E-state index contributed by atoms with van der Waals surface area (Å²) >= 11 is 0. The summed E-state index contributed by atoms with van der Waals surface area (Å²) < 4.78 is 5.61. The molecule has 1 aliphatic rings. The van der Waals surface area contributed by atoms with Gasteiger partial charge in [-0.1, -0.05) is 0 Å². The van der Waals surface area contributed by atoms with E-state index in [0.717, 1.165) is 12.8 Å². The van der Waals surface area contributed by atoms with E-state index in [1.165, 1.54) is 0 Å². The van der Waals surface area contributed by atoms with Crippen molar-refractivity contribution in [3.8, 4) is 0 Å². The van der Waals surface area contributed by atoms with Crippen LogP contribution in [0.1, 0.15) is 47.5 Å². The van der Waals surface area contributed by atoms with Crippen LogP contribution < -0.4 is 5.32 Å². The van der Waals surface area contributed by atoms with Crippen molar-refractivity contribution in [1.82, 2.24) is 5.32 Å². The van der Waals surface area contributed by atoms with Crippen molar-refractivity contribution in [2.45, 2.75) is 64.1 Å². The smallest absolute Gasteiger partial charge is 0.0685 e. The number of nitrogens with one attached hydrogen (secondary N) is 1. The van der Waals surface area contributed by atoms with Crippen LogP contribution in [-0.2, 0) is 4.74 Å². The molecule has 0 bridgehead atoms. The highest BCUT2D eigenvalue weighted by Gasteiger charge is 2.44. The van der Waals surface area contributed by atoms with Gasteiger partial charge in [-0.15, -0.1) is 0 Å². The molecule has 2 heteroatoms. The summed E-state index contributed by atoms with van der Waals surface area (Å²) in [6.45, 7) is 11.2. The summed E-state index contributed by atoms with van der Waals surface area (Å²) in [7, 11) is 1.82. The van der Waals surface area contributed by atoms with Crippen LogP contribution in [0, 0.1) is 0 Å². The van der Waals surface area contributed by atoms with Gasteiger partial charge in [0, 0.05) is 18.2 Å². The molecule has 0 saturated carbocycles. The molecule has 0 spiro atoms. The molecule has 1 N–H and O–H groups in total. The van der Waals surface area contributed by atoms with Crippen LogP contribution in [0.5, 0.6) is 0 Å². The van der Waals surface area contributed by atoms with Crippen molar-refractivity contribution < 1.29 is 4.74 Å². The molecular weight excluding hydrogens is 162 g/mol. The zero-order valence-corrected chi connectivity index (χ0v) is 9.82. The van der Waals surface area contributed by atoms with Crippen LogP contribution >= 0.6 is 0 Å². The first-order chi connectivity index (χ1) is 5.68. The van der Waals surface area contributed by atoms with Gasteiger partial charge in [-0.2, -0.15) is 0 Å². The Labute approximate surface area is 82.0 Å². The minimum Gasteiger partial charge on any atom is -0.378 e. The molecule has 1 heterocycles. The molecule has 1 saturated heterocycles. The summed E-state index contributed by atoms with van der Waals surface area (Å²) in [5, 5.41) is 3.64. The van der Waals surface area contributed by atoms with Crippen molar-refractivity contribution in [3.05, 3.63) is 0 Å². The van der Waals surface area contributed by atoms with Crippen LogP contribution in [0.25, 0.3) is 0 Å². The van der Waals surface area contributed by atoms with Gasteiger partial charge < -0.3 is 10.1 Å². The lowest BCUT2D eigenvalue weighted by atomic mass is 9.74. The second kappa shape index (κ2) is 2.96. The van der Waals surface area contributed by atoms with Crippen LogP contribution in [-0.4, -0.2) is 23.8 Å². The van der Waals surface area contributed by atoms with E-state index in [1.54, 1.807) is 0 Å². The maximum absolute atomic E-state index is 5.61. The van der Waals surface area contributed by atoms with E-state index in [2.05, 4.69) is 39.9 Å². The first-order valence-corrected chi connectivity index (χ1v) is 5.03. The van der Waals surface area contributed by atoms with E-state index in [9.17, 15) is 0 Å². The van der Waals surface area contributed by atoms with E-state index < -0.39 is 0 Å². The van der Waals surface area contributed by atoms with Crippen molar-refractivity contribution in [3.63, 3.8) is 0 Å². The Morgan fingerprint density at radius 2 is 1.31 bits per heavy atom. The number of hydrogen-bond acceptors (Lipinski definition) is 2. The van der Waals surface area contributed by atoms with Crippen LogP contribution in [0.2, 0.25) is 0 Å². The largest absolute Gasteiger partial charge is 0.378 e. The molecule has 78 valence electrons. The molecule has 0 amide bonds. The van der Waals surface area contributed by atoms with Gasteiger partial charge in [0.25, 0.3) is 0 Å². The van der Waals surface area contributed by atoms with Crippen molar-refractivity contribution in [1.29, 1.82) is 0 Å². The quantitative estimate of drug-likeness (QED) is 0.677. The standard InChI is InChI=1S/C11H23NO/c1-9(2)7-11(5,13-6)8-10(3,4)12-9/h12H,7-8H2,1-6H3. The molecule has 0 aromatic carbocycles. The van der Waals surface area contributed by atoms with Crippen molar-refractivity contribution >= 4 is 0 Å². The van der Waals surface area contributed by atoms with Crippen LogP contribution in [0.4, 0.5) is 0 Å². The third-order valence-electron chi connectivity index (χ3n) is 2.80. The van der Waals surface area contributed by atoms with E-state index in [4.69, 9.17) is 4.74 Å². The lowest BCUT2D eigenvalue weighted by Gasteiger charge is -2.51. The zero-order chi connectivity index (χ0) is 10.3. The second-order valence-electron chi connectivity index (χ2n) is 5.90. The first-order valence-electron chi connectivity index (χ1n) is 5.03. The fourth-order valence-corrected chi connectivity index (χ4v) is 3.08. The monoisotopic (exact) mass is 185 g/mol. The maximum Gasteiger partial charge on any atom is 0.0685 e. The van der Waals surface area contributed by atoms with Gasteiger partial charge in [0.2, 0.25) is 0 Å². The summed E-state index contributed by atoms with van der Waals surface area (Å²) in [6, 6.07) is 0. The van der Waals surface area contributed by atoms with E-state index in [-0.39, 0.29) is 16.7 Å². The van der Waals surface area contributed by atoms with Gasteiger partial charge >= 0.3 is 0 Å². The number of ether oxygens (including phenoxy) is 1. The Balaban J connectivity index is 2.84. The SMILES string of the molecule is COC1(C)CC(C)(C)NC(C)(C)C1. The van der Waals surface area contributed by atoms with E-state index in [1.807, 2.05) is 7.11 Å². The number of rotatable bonds is 1. The third-order valence-corrected chi connectivity index (χ3v) is 2.80. The number of hydrogen-bond donors (Lipinski definition) is 1. The molecule has 0 radical (unpaired) electrons. The minimum absolute atomic E-state index is 0.0260. The van der Waals surface area contributed by atoms with Crippen LogP contribution in [0.15, 0.2) is 0 Å². The molecular formula is C11H23NO. The average molecular weight is 185 g/mol. The first kappa shape index (κ1) is 11.0. The van der Waals surface area contributed by atoms with Gasteiger partial charge in [0.1, 0.15) is 0 Å². The molecule has 0 atom stereocenters.